The SMILES string of the molecule is CC.CC.CC.CCc1cc2c(c3c1N(C)CCC3)Oc1c(cc3c4c1CCCN4CCC3)N2C(=O)CCCC(=O)O. The zero-order valence-electron chi connectivity index (χ0n) is 27.4. The molecule has 232 valence electrons. The Kier molecular flexibility index (Phi) is 12.1. The maximum absolute atomic E-state index is 13.8. The van der Waals surface area contributed by atoms with Crippen LogP contribution < -0.4 is 19.4 Å². The zero-order valence-corrected chi connectivity index (χ0v) is 27.4. The van der Waals surface area contributed by atoms with Gasteiger partial charge in [-0.1, -0.05) is 48.5 Å². The minimum atomic E-state index is -0.866. The summed E-state index contributed by atoms with van der Waals surface area (Å²) in [6.45, 7) is 17.3. The summed E-state index contributed by atoms with van der Waals surface area (Å²) in [7, 11) is 2.15. The fourth-order valence-electron chi connectivity index (χ4n) is 6.71. The lowest BCUT2D eigenvalue weighted by molar-refractivity contribution is -0.137. The Balaban J connectivity index is 0.000000760. The highest BCUT2D eigenvalue weighted by Crippen LogP contribution is 2.57. The molecule has 42 heavy (non-hydrogen) atoms. The van der Waals surface area contributed by atoms with E-state index in [9.17, 15) is 9.59 Å². The van der Waals surface area contributed by atoms with Crippen molar-refractivity contribution in [1.29, 1.82) is 0 Å². The van der Waals surface area contributed by atoms with Crippen LogP contribution in [-0.2, 0) is 35.3 Å². The highest BCUT2D eigenvalue weighted by atomic mass is 16.5. The van der Waals surface area contributed by atoms with Crippen molar-refractivity contribution in [1.82, 2.24) is 0 Å². The van der Waals surface area contributed by atoms with Crippen molar-refractivity contribution in [3.8, 4) is 11.5 Å². The molecule has 0 atom stereocenters. The van der Waals surface area contributed by atoms with Crippen molar-refractivity contribution in [2.24, 2.45) is 0 Å². The summed E-state index contributed by atoms with van der Waals surface area (Å²) in [6, 6.07) is 4.33. The standard InChI is InChI=1S/C29H35N3O4.3C2H6/c1-3-18-16-22-28(20-9-6-13-30(2)26(18)20)36-29-21-10-7-15-31-14-5-8-19(27(21)31)17-23(29)32(22)24(33)11-4-12-25(34)35;3*1-2/h16-17H,3-15H2,1-2H3,(H,34,35);3*1-2H3. The highest BCUT2D eigenvalue weighted by molar-refractivity contribution is 6.06. The van der Waals surface area contributed by atoms with Crippen LogP contribution in [0.4, 0.5) is 22.7 Å². The molecule has 0 saturated carbocycles. The molecule has 1 amide bonds. The fraction of sp³-hybridized carbons (Fsp3) is 0.600. The largest absolute Gasteiger partial charge is 0.481 e. The third-order valence-corrected chi connectivity index (χ3v) is 8.26. The number of carboxylic acid groups (broad SMARTS) is 1. The van der Waals surface area contributed by atoms with Crippen LogP contribution in [0.1, 0.15) is 109 Å². The predicted octanol–water partition coefficient (Wildman–Crippen LogP) is 8.43. The number of rotatable bonds is 5. The molecule has 7 heteroatoms. The van der Waals surface area contributed by atoms with Gasteiger partial charge in [0.2, 0.25) is 5.91 Å². The first kappa shape index (κ1) is 33.3. The lowest BCUT2D eigenvalue weighted by Gasteiger charge is -2.42. The van der Waals surface area contributed by atoms with Gasteiger partial charge in [0.1, 0.15) is 0 Å². The Labute approximate surface area is 253 Å². The van der Waals surface area contributed by atoms with Crippen molar-refractivity contribution in [3.05, 3.63) is 34.4 Å². The number of fused-ring (bicyclic) bond motifs is 5. The maximum Gasteiger partial charge on any atom is 0.303 e. The summed E-state index contributed by atoms with van der Waals surface area (Å²) in [5.41, 5.74) is 9.20. The molecule has 4 heterocycles. The summed E-state index contributed by atoms with van der Waals surface area (Å²) in [5.74, 6) is 0.731. The van der Waals surface area contributed by atoms with Gasteiger partial charge in [0, 0.05) is 62.0 Å². The van der Waals surface area contributed by atoms with Crippen LogP contribution in [0.15, 0.2) is 12.1 Å². The van der Waals surface area contributed by atoms with Crippen LogP contribution in [0.2, 0.25) is 0 Å². The Morgan fingerprint density at radius 2 is 1.38 bits per heavy atom. The van der Waals surface area contributed by atoms with E-state index in [1.165, 1.54) is 33.6 Å². The quantitative estimate of drug-likeness (QED) is 0.383. The van der Waals surface area contributed by atoms with E-state index in [4.69, 9.17) is 9.84 Å². The van der Waals surface area contributed by atoms with Gasteiger partial charge in [0.15, 0.2) is 11.5 Å². The van der Waals surface area contributed by atoms with Crippen LogP contribution in [0.25, 0.3) is 0 Å². The van der Waals surface area contributed by atoms with E-state index < -0.39 is 5.97 Å². The Bertz CT molecular complexity index is 1200. The molecule has 0 fully saturated rings. The van der Waals surface area contributed by atoms with Gasteiger partial charge in [-0.3, -0.25) is 14.5 Å². The summed E-state index contributed by atoms with van der Waals surface area (Å²) in [4.78, 5) is 31.7. The number of hydrogen-bond donors (Lipinski definition) is 1. The monoisotopic (exact) mass is 579 g/mol. The number of benzene rings is 2. The van der Waals surface area contributed by atoms with Crippen LogP contribution in [0, 0.1) is 0 Å². The smallest absolute Gasteiger partial charge is 0.303 e. The molecule has 0 saturated heterocycles. The van der Waals surface area contributed by atoms with Gasteiger partial charge < -0.3 is 19.6 Å². The van der Waals surface area contributed by atoms with Crippen molar-refractivity contribution in [2.45, 2.75) is 113 Å². The molecule has 0 aliphatic carbocycles. The van der Waals surface area contributed by atoms with Crippen molar-refractivity contribution in [3.63, 3.8) is 0 Å². The maximum atomic E-state index is 13.8. The number of amides is 1. The molecule has 0 bridgehead atoms. The average Bonchev–Trinajstić information content (AvgIpc) is 3.03. The number of carbonyl (C=O) groups excluding carboxylic acids is 1. The van der Waals surface area contributed by atoms with E-state index in [1.807, 2.05) is 46.4 Å². The first-order valence-corrected chi connectivity index (χ1v) is 16.5. The normalized spacial score (nSPS) is 15.5. The van der Waals surface area contributed by atoms with Gasteiger partial charge in [-0.2, -0.15) is 0 Å². The lowest BCUT2D eigenvalue weighted by atomic mass is 9.88. The van der Waals surface area contributed by atoms with Crippen LogP contribution in [-0.4, -0.2) is 43.7 Å². The van der Waals surface area contributed by atoms with Gasteiger partial charge >= 0.3 is 5.97 Å². The Morgan fingerprint density at radius 1 is 0.810 bits per heavy atom. The van der Waals surface area contributed by atoms with E-state index >= 15 is 0 Å². The predicted molar refractivity (Wildman–Crippen MR) is 175 cm³/mol. The number of ether oxygens (including phenoxy) is 1. The third-order valence-electron chi connectivity index (χ3n) is 8.26. The van der Waals surface area contributed by atoms with Gasteiger partial charge in [0.05, 0.1) is 11.4 Å². The molecule has 0 aromatic heterocycles. The van der Waals surface area contributed by atoms with E-state index in [1.54, 1.807) is 0 Å². The van der Waals surface area contributed by atoms with Crippen LogP contribution >= 0.6 is 0 Å². The first-order valence-electron chi connectivity index (χ1n) is 16.5. The second-order valence-corrected chi connectivity index (χ2v) is 10.6. The van der Waals surface area contributed by atoms with Gasteiger partial charge in [-0.15, -0.1) is 0 Å². The second kappa shape index (κ2) is 15.3. The summed E-state index contributed by atoms with van der Waals surface area (Å²) in [6.07, 6.45) is 7.54. The number of carbonyl (C=O) groups is 2. The van der Waals surface area contributed by atoms with Gasteiger partial charge in [-0.25, -0.2) is 0 Å². The minimum absolute atomic E-state index is 0.00458. The summed E-state index contributed by atoms with van der Waals surface area (Å²) in [5, 5.41) is 9.16. The van der Waals surface area contributed by atoms with Crippen molar-refractivity contribution >= 4 is 34.6 Å². The van der Waals surface area contributed by atoms with E-state index in [-0.39, 0.29) is 18.7 Å². The first-order chi connectivity index (χ1) is 20.5. The lowest BCUT2D eigenvalue weighted by Crippen LogP contribution is -2.36. The zero-order chi connectivity index (χ0) is 31.0. The number of nitrogens with zero attached hydrogens (tertiary/aromatic N) is 3. The van der Waals surface area contributed by atoms with Gasteiger partial charge in [0.25, 0.3) is 0 Å². The molecule has 4 aliphatic heterocycles. The average molecular weight is 580 g/mol. The van der Waals surface area contributed by atoms with Gasteiger partial charge in [-0.05, 0) is 74.6 Å². The molecule has 6 rings (SSSR count). The molecule has 1 N–H and O–H groups in total. The molecule has 2 aromatic rings. The topological polar surface area (TPSA) is 73.3 Å². The number of carboxylic acids is 1. The molecule has 7 nitrogen and oxygen atoms in total. The number of hydrogen-bond acceptors (Lipinski definition) is 5. The number of anilines is 4. The molecule has 4 aliphatic rings. The summed E-state index contributed by atoms with van der Waals surface area (Å²) >= 11 is 0. The fourth-order valence-corrected chi connectivity index (χ4v) is 6.71. The molecular weight excluding hydrogens is 526 g/mol. The number of aliphatic carboxylic acids is 1. The Hall–Kier alpha value is -3.22. The molecular formula is C35H53N3O4. The molecule has 0 unspecified atom stereocenters. The van der Waals surface area contributed by atoms with E-state index in [2.05, 4.69) is 35.9 Å². The minimum Gasteiger partial charge on any atom is -0.481 e. The third kappa shape index (κ3) is 6.25. The van der Waals surface area contributed by atoms with Crippen molar-refractivity contribution < 1.29 is 19.4 Å². The Morgan fingerprint density at radius 3 is 2.00 bits per heavy atom. The van der Waals surface area contributed by atoms with Crippen LogP contribution in [0.5, 0.6) is 11.5 Å². The second-order valence-electron chi connectivity index (χ2n) is 10.6. The van der Waals surface area contributed by atoms with E-state index in [0.29, 0.717) is 6.42 Å². The van der Waals surface area contributed by atoms with Crippen molar-refractivity contribution in [2.75, 3.05) is 41.4 Å². The van der Waals surface area contributed by atoms with Crippen LogP contribution in [0.3, 0.4) is 0 Å². The molecule has 0 radical (unpaired) electrons. The number of aryl methyl sites for hydroxylation is 2. The molecule has 0 spiro atoms. The summed E-state index contributed by atoms with van der Waals surface area (Å²) < 4.78 is 6.88. The highest BCUT2D eigenvalue weighted by Gasteiger charge is 2.38. The molecule has 2 aromatic carbocycles. The van der Waals surface area contributed by atoms with E-state index in [0.717, 1.165) is 87.5 Å².